The molecule has 0 saturated heterocycles. The molecular formula is C12H10BrNO3S. The second kappa shape index (κ2) is 5.07. The number of benzene rings is 1. The quantitative estimate of drug-likeness (QED) is 0.925. The van der Waals surface area contributed by atoms with Crippen LogP contribution in [-0.2, 0) is 0 Å². The number of halogens is 1. The minimum absolute atomic E-state index is 0.106. The van der Waals surface area contributed by atoms with Gasteiger partial charge in [-0.1, -0.05) is 27.3 Å². The van der Waals surface area contributed by atoms with Crippen molar-refractivity contribution in [2.75, 3.05) is 0 Å². The number of thiazole rings is 1. The Hall–Kier alpha value is -1.40. The molecule has 6 heteroatoms. The van der Waals surface area contributed by atoms with Crippen LogP contribution in [0.25, 0.3) is 0 Å². The lowest BCUT2D eigenvalue weighted by atomic mass is 10.2. The maximum Gasteiger partial charge on any atom is 0.339 e. The molecule has 2 rings (SSSR count). The Labute approximate surface area is 116 Å². The predicted molar refractivity (Wildman–Crippen MR) is 72.8 cm³/mol. The van der Waals surface area contributed by atoms with Crippen LogP contribution in [0.4, 0.5) is 0 Å². The van der Waals surface area contributed by atoms with Crippen molar-refractivity contribution >= 4 is 33.2 Å². The third kappa shape index (κ3) is 2.70. The van der Waals surface area contributed by atoms with Gasteiger partial charge in [0.15, 0.2) is 0 Å². The number of hydrogen-bond donors (Lipinski definition) is 1. The Morgan fingerprint density at radius 2 is 2.17 bits per heavy atom. The number of carboxylic acids is 1. The van der Waals surface area contributed by atoms with Gasteiger partial charge in [-0.15, -0.1) is 0 Å². The summed E-state index contributed by atoms with van der Waals surface area (Å²) in [6.45, 7) is 3.83. The van der Waals surface area contributed by atoms with Crippen molar-refractivity contribution in [3.8, 4) is 10.9 Å². The van der Waals surface area contributed by atoms with Crippen molar-refractivity contribution in [3.63, 3.8) is 0 Å². The van der Waals surface area contributed by atoms with E-state index >= 15 is 0 Å². The monoisotopic (exact) mass is 327 g/mol. The van der Waals surface area contributed by atoms with E-state index in [1.807, 2.05) is 13.8 Å². The van der Waals surface area contributed by atoms with E-state index in [4.69, 9.17) is 9.84 Å². The van der Waals surface area contributed by atoms with Crippen molar-refractivity contribution in [2.24, 2.45) is 0 Å². The zero-order valence-electron chi connectivity index (χ0n) is 9.73. The maximum atomic E-state index is 11.1. The minimum atomic E-state index is -1.03. The Bertz CT molecular complexity index is 590. The third-order valence-electron chi connectivity index (χ3n) is 2.38. The Balaban J connectivity index is 2.36. The van der Waals surface area contributed by atoms with Crippen LogP contribution in [0, 0.1) is 13.8 Å². The van der Waals surface area contributed by atoms with Gasteiger partial charge in [-0.3, -0.25) is 0 Å². The van der Waals surface area contributed by atoms with E-state index < -0.39 is 5.97 Å². The van der Waals surface area contributed by atoms with Crippen LogP contribution in [0.5, 0.6) is 10.9 Å². The molecule has 0 atom stereocenters. The van der Waals surface area contributed by atoms with E-state index in [0.717, 1.165) is 10.6 Å². The summed E-state index contributed by atoms with van der Waals surface area (Å²) >= 11 is 4.63. The highest BCUT2D eigenvalue weighted by molar-refractivity contribution is 9.10. The third-order valence-corrected chi connectivity index (χ3v) is 3.82. The van der Waals surface area contributed by atoms with Gasteiger partial charge < -0.3 is 9.84 Å². The van der Waals surface area contributed by atoms with Gasteiger partial charge in [0.1, 0.15) is 11.3 Å². The van der Waals surface area contributed by atoms with Crippen molar-refractivity contribution in [1.29, 1.82) is 0 Å². The summed E-state index contributed by atoms with van der Waals surface area (Å²) in [7, 11) is 0. The van der Waals surface area contributed by atoms with Gasteiger partial charge in [0.2, 0.25) is 0 Å². The topological polar surface area (TPSA) is 59.4 Å². The van der Waals surface area contributed by atoms with E-state index in [2.05, 4.69) is 20.9 Å². The fourth-order valence-electron chi connectivity index (χ4n) is 1.34. The molecule has 0 bridgehead atoms. The molecule has 0 fully saturated rings. The predicted octanol–water partition coefficient (Wildman–Crippen LogP) is 4.01. The highest BCUT2D eigenvalue weighted by atomic mass is 79.9. The number of hydrogen-bond acceptors (Lipinski definition) is 4. The number of rotatable bonds is 3. The molecule has 0 aliphatic rings. The number of carbonyl (C=O) groups is 1. The van der Waals surface area contributed by atoms with Crippen LogP contribution in [0.3, 0.4) is 0 Å². The van der Waals surface area contributed by atoms with Gasteiger partial charge >= 0.3 is 5.97 Å². The van der Waals surface area contributed by atoms with Gasteiger partial charge in [0.25, 0.3) is 5.19 Å². The highest BCUT2D eigenvalue weighted by Gasteiger charge is 2.14. The number of aromatic carboxylic acids is 1. The number of nitrogens with zero attached hydrogens (tertiary/aromatic N) is 1. The van der Waals surface area contributed by atoms with E-state index in [-0.39, 0.29) is 5.56 Å². The second-order valence-corrected chi connectivity index (χ2v) is 5.75. The van der Waals surface area contributed by atoms with E-state index in [0.29, 0.717) is 15.4 Å². The number of aryl methyl sites for hydroxylation is 2. The molecule has 0 spiro atoms. The molecule has 1 aromatic carbocycles. The van der Waals surface area contributed by atoms with Crippen molar-refractivity contribution in [1.82, 2.24) is 4.98 Å². The van der Waals surface area contributed by atoms with Gasteiger partial charge in [-0.05, 0) is 32.0 Å². The molecule has 94 valence electrons. The minimum Gasteiger partial charge on any atom is -0.478 e. The molecule has 1 N–H and O–H groups in total. The van der Waals surface area contributed by atoms with Crippen LogP contribution in [-0.4, -0.2) is 16.1 Å². The second-order valence-electron chi connectivity index (χ2n) is 3.67. The standard InChI is InChI=1S/C12H10BrNO3S/c1-6-7(2)18-12(14-6)17-10-4-3-8(13)5-9(10)11(15)16/h3-5H,1-2H3,(H,15,16). The van der Waals surface area contributed by atoms with Gasteiger partial charge in [-0.25, -0.2) is 9.78 Å². The molecular weight excluding hydrogens is 318 g/mol. The van der Waals surface area contributed by atoms with Crippen LogP contribution in [0.1, 0.15) is 20.9 Å². The average molecular weight is 328 g/mol. The van der Waals surface area contributed by atoms with Gasteiger partial charge in [0, 0.05) is 9.35 Å². The maximum absolute atomic E-state index is 11.1. The first-order valence-electron chi connectivity index (χ1n) is 5.12. The normalized spacial score (nSPS) is 10.4. The molecule has 0 aliphatic carbocycles. The van der Waals surface area contributed by atoms with Crippen LogP contribution in [0.15, 0.2) is 22.7 Å². The largest absolute Gasteiger partial charge is 0.478 e. The number of ether oxygens (including phenoxy) is 1. The molecule has 0 amide bonds. The summed E-state index contributed by atoms with van der Waals surface area (Å²) in [5.41, 5.74) is 0.999. The van der Waals surface area contributed by atoms with Gasteiger partial charge in [0.05, 0.1) is 5.69 Å². The number of aromatic nitrogens is 1. The fraction of sp³-hybridized carbons (Fsp3) is 0.167. The lowest BCUT2D eigenvalue weighted by molar-refractivity contribution is 0.0694. The molecule has 18 heavy (non-hydrogen) atoms. The highest BCUT2D eigenvalue weighted by Crippen LogP contribution is 2.31. The van der Waals surface area contributed by atoms with E-state index in [9.17, 15) is 4.79 Å². The summed E-state index contributed by atoms with van der Waals surface area (Å²) < 4.78 is 6.23. The molecule has 0 saturated carbocycles. The lowest BCUT2D eigenvalue weighted by Gasteiger charge is -2.05. The molecule has 0 radical (unpaired) electrons. The van der Waals surface area contributed by atoms with Crippen molar-refractivity contribution < 1.29 is 14.6 Å². The zero-order chi connectivity index (χ0) is 13.3. The Kier molecular flexibility index (Phi) is 3.68. The van der Waals surface area contributed by atoms with Crippen LogP contribution in [0.2, 0.25) is 0 Å². The van der Waals surface area contributed by atoms with E-state index in [1.54, 1.807) is 12.1 Å². The average Bonchev–Trinajstić information content (AvgIpc) is 2.60. The fourth-order valence-corrected chi connectivity index (χ4v) is 2.47. The molecule has 4 nitrogen and oxygen atoms in total. The SMILES string of the molecule is Cc1nc(Oc2ccc(Br)cc2C(=O)O)sc1C. The first-order valence-corrected chi connectivity index (χ1v) is 6.73. The molecule has 1 heterocycles. The Morgan fingerprint density at radius 1 is 1.44 bits per heavy atom. The lowest BCUT2D eigenvalue weighted by Crippen LogP contribution is -1.99. The van der Waals surface area contributed by atoms with Crippen LogP contribution >= 0.6 is 27.3 Å². The number of carboxylic acid groups (broad SMARTS) is 1. The zero-order valence-corrected chi connectivity index (χ0v) is 12.1. The summed E-state index contributed by atoms with van der Waals surface area (Å²) in [6.07, 6.45) is 0. The summed E-state index contributed by atoms with van der Waals surface area (Å²) in [5.74, 6) is -0.740. The first kappa shape index (κ1) is 13.0. The molecule has 1 aromatic heterocycles. The smallest absolute Gasteiger partial charge is 0.339 e. The summed E-state index contributed by atoms with van der Waals surface area (Å²) in [4.78, 5) is 16.4. The molecule has 0 aliphatic heterocycles. The van der Waals surface area contributed by atoms with Crippen molar-refractivity contribution in [3.05, 3.63) is 38.8 Å². The van der Waals surface area contributed by atoms with Crippen molar-refractivity contribution in [2.45, 2.75) is 13.8 Å². The Morgan fingerprint density at radius 3 is 2.72 bits per heavy atom. The summed E-state index contributed by atoms with van der Waals surface area (Å²) in [5, 5.41) is 9.56. The molecule has 2 aromatic rings. The van der Waals surface area contributed by atoms with Gasteiger partial charge in [-0.2, -0.15) is 0 Å². The van der Waals surface area contributed by atoms with Crippen LogP contribution < -0.4 is 4.74 Å². The summed E-state index contributed by atoms with van der Waals surface area (Å²) in [6, 6.07) is 4.85. The first-order chi connectivity index (χ1) is 8.47. The molecule has 0 unspecified atom stereocenters. The van der Waals surface area contributed by atoms with E-state index in [1.165, 1.54) is 17.4 Å².